The molecule has 0 saturated heterocycles. The van der Waals surface area contributed by atoms with Gasteiger partial charge in [-0.2, -0.15) is 0 Å². The number of carbonyl (C=O) groups excluding carboxylic acids is 2. The van der Waals surface area contributed by atoms with Crippen LogP contribution in [-0.4, -0.2) is 11.7 Å². The molecule has 0 aromatic heterocycles. The van der Waals surface area contributed by atoms with E-state index in [1.807, 2.05) is 42.5 Å². The Hall–Kier alpha value is -2.42. The monoisotopic (exact) mass is 237 g/mol. The molecule has 1 heterocycles. The van der Waals surface area contributed by atoms with Crippen LogP contribution >= 0.6 is 0 Å². The van der Waals surface area contributed by atoms with E-state index in [4.69, 9.17) is 0 Å². The highest BCUT2D eigenvalue weighted by molar-refractivity contribution is 6.51. The molecule has 2 aromatic carbocycles. The molecule has 0 bridgehead atoms. The predicted octanol–water partition coefficient (Wildman–Crippen LogP) is 2.41. The van der Waals surface area contributed by atoms with Crippen LogP contribution in [-0.2, 0) is 11.2 Å². The van der Waals surface area contributed by atoms with E-state index in [1.54, 1.807) is 6.07 Å². The number of hydrogen-bond donors (Lipinski definition) is 1. The lowest BCUT2D eigenvalue weighted by Crippen LogP contribution is -2.12. The lowest BCUT2D eigenvalue weighted by molar-refractivity contribution is -0.112. The van der Waals surface area contributed by atoms with E-state index in [0.29, 0.717) is 17.7 Å². The minimum Gasteiger partial charge on any atom is -0.318 e. The molecule has 0 unspecified atom stereocenters. The summed E-state index contributed by atoms with van der Waals surface area (Å²) in [4.78, 5) is 23.0. The zero-order valence-corrected chi connectivity index (χ0v) is 9.64. The summed E-state index contributed by atoms with van der Waals surface area (Å²) in [5, 5.41) is 2.65. The van der Waals surface area contributed by atoms with Crippen LogP contribution in [0.3, 0.4) is 0 Å². The van der Waals surface area contributed by atoms with Gasteiger partial charge in [-0.1, -0.05) is 42.5 Å². The van der Waals surface area contributed by atoms with Gasteiger partial charge in [0.2, 0.25) is 0 Å². The van der Waals surface area contributed by atoms with Gasteiger partial charge in [0.05, 0.1) is 11.3 Å². The number of fused-ring (bicyclic) bond motifs is 1. The number of amides is 1. The molecule has 1 amide bonds. The van der Waals surface area contributed by atoms with Crippen molar-refractivity contribution in [2.75, 3.05) is 5.32 Å². The van der Waals surface area contributed by atoms with Crippen molar-refractivity contribution in [3.63, 3.8) is 0 Å². The van der Waals surface area contributed by atoms with Crippen LogP contribution in [0.1, 0.15) is 21.5 Å². The van der Waals surface area contributed by atoms with Crippen LogP contribution in [0.15, 0.2) is 48.5 Å². The van der Waals surface area contributed by atoms with Crippen molar-refractivity contribution in [2.45, 2.75) is 6.42 Å². The quantitative estimate of drug-likeness (QED) is 0.815. The van der Waals surface area contributed by atoms with E-state index in [2.05, 4.69) is 5.32 Å². The molecule has 0 fully saturated rings. The van der Waals surface area contributed by atoms with Crippen LogP contribution in [0.4, 0.5) is 5.69 Å². The van der Waals surface area contributed by atoms with Crippen LogP contribution in [0.25, 0.3) is 0 Å². The fourth-order valence-electron chi connectivity index (χ4n) is 2.19. The summed E-state index contributed by atoms with van der Waals surface area (Å²) in [7, 11) is 0. The summed E-state index contributed by atoms with van der Waals surface area (Å²) in [5.41, 5.74) is 3.27. The molecule has 0 saturated carbocycles. The number of hydrogen-bond acceptors (Lipinski definition) is 2. The number of ketones is 1. The summed E-state index contributed by atoms with van der Waals surface area (Å²) in [5.74, 6) is -0.981. The fraction of sp³-hybridized carbons (Fsp3) is 0.0667. The normalized spacial score (nSPS) is 13.3. The van der Waals surface area contributed by atoms with Gasteiger partial charge < -0.3 is 5.32 Å². The SMILES string of the molecule is O=C1Nc2c(Cc3ccccc3)cccc2C1=O. The van der Waals surface area contributed by atoms with E-state index in [1.165, 1.54) is 0 Å². The first-order valence-electron chi connectivity index (χ1n) is 5.77. The highest BCUT2D eigenvalue weighted by Gasteiger charge is 2.29. The van der Waals surface area contributed by atoms with Crippen molar-refractivity contribution in [3.05, 3.63) is 65.2 Å². The Morgan fingerprint density at radius 3 is 2.44 bits per heavy atom. The van der Waals surface area contributed by atoms with Gasteiger partial charge >= 0.3 is 0 Å². The number of carbonyl (C=O) groups is 2. The van der Waals surface area contributed by atoms with Gasteiger partial charge in [-0.25, -0.2) is 0 Å². The first kappa shape index (κ1) is 10.7. The maximum absolute atomic E-state index is 11.6. The Labute approximate surface area is 104 Å². The van der Waals surface area contributed by atoms with Crippen LogP contribution in [0, 0.1) is 0 Å². The van der Waals surface area contributed by atoms with Gasteiger partial charge in [-0.3, -0.25) is 9.59 Å². The molecule has 0 aliphatic carbocycles. The highest BCUT2D eigenvalue weighted by Crippen LogP contribution is 2.28. The lowest BCUT2D eigenvalue weighted by atomic mass is 10.0. The third-order valence-electron chi connectivity index (χ3n) is 3.08. The lowest BCUT2D eigenvalue weighted by Gasteiger charge is -2.07. The van der Waals surface area contributed by atoms with Crippen molar-refractivity contribution in [1.82, 2.24) is 0 Å². The first-order valence-corrected chi connectivity index (χ1v) is 5.77. The largest absolute Gasteiger partial charge is 0.318 e. The van der Waals surface area contributed by atoms with E-state index < -0.39 is 11.7 Å². The minimum absolute atomic E-state index is 0.445. The van der Waals surface area contributed by atoms with Gasteiger partial charge in [-0.15, -0.1) is 0 Å². The van der Waals surface area contributed by atoms with Crippen molar-refractivity contribution >= 4 is 17.4 Å². The number of nitrogens with one attached hydrogen (secondary N) is 1. The van der Waals surface area contributed by atoms with E-state index in [0.717, 1.165) is 11.1 Å². The molecule has 2 aromatic rings. The summed E-state index contributed by atoms with van der Waals surface area (Å²) in [6.07, 6.45) is 0.706. The van der Waals surface area contributed by atoms with Gasteiger partial charge in [0.25, 0.3) is 11.7 Å². The average molecular weight is 237 g/mol. The fourth-order valence-corrected chi connectivity index (χ4v) is 2.19. The molecule has 3 nitrogen and oxygen atoms in total. The van der Waals surface area contributed by atoms with E-state index in [-0.39, 0.29) is 0 Å². The van der Waals surface area contributed by atoms with Gasteiger partial charge in [0.15, 0.2) is 0 Å². The van der Waals surface area contributed by atoms with Crippen molar-refractivity contribution in [1.29, 1.82) is 0 Å². The molecule has 18 heavy (non-hydrogen) atoms. The summed E-state index contributed by atoms with van der Waals surface area (Å²) in [6.45, 7) is 0. The predicted molar refractivity (Wildman–Crippen MR) is 68.7 cm³/mol. The second kappa shape index (κ2) is 4.11. The first-order chi connectivity index (χ1) is 8.75. The summed E-state index contributed by atoms with van der Waals surface area (Å²) >= 11 is 0. The number of para-hydroxylation sites is 1. The van der Waals surface area contributed by atoms with Gasteiger partial charge in [-0.05, 0) is 23.6 Å². The zero-order valence-electron chi connectivity index (χ0n) is 9.64. The molecule has 1 aliphatic heterocycles. The topological polar surface area (TPSA) is 46.2 Å². The molecule has 3 heteroatoms. The molecule has 0 atom stereocenters. The molecule has 1 N–H and O–H groups in total. The smallest absolute Gasteiger partial charge is 0.296 e. The molecular weight excluding hydrogens is 226 g/mol. The number of anilines is 1. The maximum atomic E-state index is 11.6. The van der Waals surface area contributed by atoms with Crippen molar-refractivity contribution < 1.29 is 9.59 Å². The Morgan fingerprint density at radius 1 is 0.889 bits per heavy atom. The van der Waals surface area contributed by atoms with E-state index >= 15 is 0 Å². The van der Waals surface area contributed by atoms with E-state index in [9.17, 15) is 9.59 Å². The van der Waals surface area contributed by atoms with Gasteiger partial charge in [0, 0.05) is 0 Å². The van der Waals surface area contributed by atoms with Crippen molar-refractivity contribution in [2.24, 2.45) is 0 Å². The third kappa shape index (κ3) is 1.70. The molecule has 3 rings (SSSR count). The Kier molecular flexibility index (Phi) is 2.45. The molecular formula is C15H11NO2. The molecule has 1 aliphatic rings. The second-order valence-electron chi connectivity index (χ2n) is 4.29. The standard InChI is InChI=1S/C15H11NO2/c17-14-12-8-4-7-11(13(12)16-15(14)18)9-10-5-2-1-3-6-10/h1-8H,9H2,(H,16,17,18). The molecule has 0 spiro atoms. The Bertz CT molecular complexity index is 632. The van der Waals surface area contributed by atoms with Gasteiger partial charge in [0.1, 0.15) is 0 Å². The number of Topliss-reactive ketones (excluding diaryl/α,β-unsaturated/α-hetero) is 1. The summed E-state index contributed by atoms with van der Waals surface area (Å²) in [6, 6.07) is 15.4. The minimum atomic E-state index is -0.537. The Balaban J connectivity index is 2.01. The van der Waals surface area contributed by atoms with Crippen LogP contribution < -0.4 is 5.32 Å². The second-order valence-corrected chi connectivity index (χ2v) is 4.29. The van der Waals surface area contributed by atoms with Crippen molar-refractivity contribution in [3.8, 4) is 0 Å². The van der Waals surface area contributed by atoms with Crippen LogP contribution in [0.5, 0.6) is 0 Å². The number of benzene rings is 2. The summed E-state index contributed by atoms with van der Waals surface area (Å²) < 4.78 is 0. The Morgan fingerprint density at radius 2 is 1.67 bits per heavy atom. The average Bonchev–Trinajstić information content (AvgIpc) is 2.69. The highest BCUT2D eigenvalue weighted by atomic mass is 16.2. The zero-order chi connectivity index (χ0) is 12.5. The third-order valence-corrected chi connectivity index (χ3v) is 3.08. The maximum Gasteiger partial charge on any atom is 0.296 e. The van der Waals surface area contributed by atoms with Crippen LogP contribution in [0.2, 0.25) is 0 Å². The molecule has 0 radical (unpaired) electrons. The molecule has 88 valence electrons. The number of rotatable bonds is 2.